The molecule has 0 aliphatic rings. The van der Waals surface area contributed by atoms with Crippen molar-refractivity contribution in [3.63, 3.8) is 0 Å². The van der Waals surface area contributed by atoms with E-state index in [2.05, 4.69) is 228 Å². The van der Waals surface area contributed by atoms with Gasteiger partial charge in [0.2, 0.25) is 0 Å². The summed E-state index contributed by atoms with van der Waals surface area (Å²) in [6.07, 6.45) is 0. The second-order valence-electron chi connectivity index (χ2n) is 13.0. The third kappa shape index (κ3) is 5.97. The molecule has 0 aliphatic heterocycles. The Bertz CT molecular complexity index is 2620. The highest BCUT2D eigenvalue weighted by atomic mass is 15.1. The molecule has 9 rings (SSSR count). The topological polar surface area (TPSA) is 6.48 Å². The molecule has 0 amide bonds. The van der Waals surface area contributed by atoms with Gasteiger partial charge in [-0.25, -0.2) is 0 Å². The molecule has 0 aliphatic carbocycles. The summed E-state index contributed by atoms with van der Waals surface area (Å²) in [6, 6.07) is 78.3. The van der Waals surface area contributed by atoms with Gasteiger partial charge < -0.3 is 9.80 Å². The Labute approximate surface area is 305 Å². The average Bonchev–Trinajstić information content (AvgIpc) is 3.23. The van der Waals surface area contributed by atoms with Crippen molar-refractivity contribution in [1.29, 1.82) is 0 Å². The number of fused-ring (bicyclic) bond motifs is 3. The predicted molar refractivity (Wildman–Crippen MR) is 222 cm³/mol. The van der Waals surface area contributed by atoms with Gasteiger partial charge in [-0.05, 0) is 105 Å². The van der Waals surface area contributed by atoms with Crippen molar-refractivity contribution >= 4 is 55.7 Å². The summed E-state index contributed by atoms with van der Waals surface area (Å²) in [6.45, 7) is 0. The fraction of sp³-hybridized carbons (Fsp3) is 0. The van der Waals surface area contributed by atoms with Crippen LogP contribution in [0.3, 0.4) is 0 Å². The monoisotopic (exact) mass is 664 g/mol. The molecule has 0 aromatic heterocycles. The first-order valence-corrected chi connectivity index (χ1v) is 17.8. The molecule has 9 aromatic rings. The van der Waals surface area contributed by atoms with Gasteiger partial charge in [-0.1, -0.05) is 152 Å². The van der Waals surface area contributed by atoms with Gasteiger partial charge in [0.25, 0.3) is 0 Å². The van der Waals surface area contributed by atoms with Crippen molar-refractivity contribution in [3.8, 4) is 22.3 Å². The van der Waals surface area contributed by atoms with Crippen molar-refractivity contribution in [2.75, 3.05) is 9.80 Å². The van der Waals surface area contributed by atoms with Crippen LogP contribution >= 0.6 is 0 Å². The van der Waals surface area contributed by atoms with E-state index in [1.807, 2.05) is 0 Å². The number of benzene rings is 9. The predicted octanol–water partition coefficient (Wildman–Crippen LogP) is 14.3. The van der Waals surface area contributed by atoms with Gasteiger partial charge in [0.05, 0.1) is 5.69 Å². The van der Waals surface area contributed by atoms with E-state index in [1.54, 1.807) is 0 Å². The highest BCUT2D eigenvalue weighted by Crippen LogP contribution is 2.45. The summed E-state index contributed by atoms with van der Waals surface area (Å²) in [4.78, 5) is 4.76. The van der Waals surface area contributed by atoms with Crippen LogP contribution in [0.5, 0.6) is 0 Å². The first-order valence-electron chi connectivity index (χ1n) is 17.8. The number of anilines is 6. The molecule has 0 N–H and O–H groups in total. The molecule has 0 unspecified atom stereocenters. The molecule has 2 nitrogen and oxygen atoms in total. The first-order chi connectivity index (χ1) is 25.8. The summed E-state index contributed by atoms with van der Waals surface area (Å²) >= 11 is 0. The van der Waals surface area contributed by atoms with E-state index < -0.39 is 0 Å². The van der Waals surface area contributed by atoms with E-state index in [0.717, 1.165) is 34.1 Å². The minimum Gasteiger partial charge on any atom is -0.310 e. The lowest BCUT2D eigenvalue weighted by Gasteiger charge is -2.29. The standard InChI is InChI=1S/C50H36N2/c1-5-17-37(18-6-1)39-21-15-27-44(33-39)51(42-23-9-3-10-24-42)46-32-31-41-35-50(48-30-14-13-29-47(48)49(41)36-46)52(43-25-11-4-12-26-43)45-28-16-22-40(34-45)38-19-7-2-8-20-38/h1-36H. The molecule has 0 radical (unpaired) electrons. The van der Waals surface area contributed by atoms with Crippen molar-refractivity contribution in [1.82, 2.24) is 0 Å². The van der Waals surface area contributed by atoms with Gasteiger partial charge in [0.1, 0.15) is 0 Å². The van der Waals surface area contributed by atoms with Crippen LogP contribution in [-0.4, -0.2) is 0 Å². The van der Waals surface area contributed by atoms with Crippen LogP contribution < -0.4 is 9.80 Å². The van der Waals surface area contributed by atoms with Crippen molar-refractivity contribution in [3.05, 3.63) is 218 Å². The zero-order valence-electron chi connectivity index (χ0n) is 28.7. The lowest BCUT2D eigenvalue weighted by molar-refractivity contribution is 1.29. The third-order valence-corrected chi connectivity index (χ3v) is 9.77. The number of para-hydroxylation sites is 2. The van der Waals surface area contributed by atoms with Gasteiger partial charge in [-0.2, -0.15) is 0 Å². The van der Waals surface area contributed by atoms with Crippen LogP contribution in [0.25, 0.3) is 43.8 Å². The maximum atomic E-state index is 2.40. The van der Waals surface area contributed by atoms with E-state index >= 15 is 0 Å². The molecule has 0 heterocycles. The number of nitrogens with zero attached hydrogens (tertiary/aromatic N) is 2. The molecular formula is C50H36N2. The van der Waals surface area contributed by atoms with Gasteiger partial charge in [-0.3, -0.25) is 0 Å². The molecule has 2 heteroatoms. The maximum absolute atomic E-state index is 2.40. The van der Waals surface area contributed by atoms with Crippen molar-refractivity contribution < 1.29 is 0 Å². The molecule has 246 valence electrons. The summed E-state index contributed by atoms with van der Waals surface area (Å²) in [5, 5.41) is 4.80. The highest BCUT2D eigenvalue weighted by molar-refractivity contribution is 6.15. The second kappa shape index (κ2) is 13.8. The van der Waals surface area contributed by atoms with Crippen LogP contribution in [-0.2, 0) is 0 Å². The Balaban J connectivity index is 1.22. The zero-order chi connectivity index (χ0) is 34.7. The number of hydrogen-bond acceptors (Lipinski definition) is 2. The van der Waals surface area contributed by atoms with E-state index in [9.17, 15) is 0 Å². The normalized spacial score (nSPS) is 11.1. The van der Waals surface area contributed by atoms with Gasteiger partial charge in [0.15, 0.2) is 0 Å². The van der Waals surface area contributed by atoms with Gasteiger partial charge >= 0.3 is 0 Å². The summed E-state index contributed by atoms with van der Waals surface area (Å²) in [7, 11) is 0. The molecule has 0 saturated heterocycles. The summed E-state index contributed by atoms with van der Waals surface area (Å²) in [5.41, 5.74) is 11.5. The van der Waals surface area contributed by atoms with Crippen molar-refractivity contribution in [2.45, 2.75) is 0 Å². The van der Waals surface area contributed by atoms with E-state index in [4.69, 9.17) is 0 Å². The lowest BCUT2D eigenvalue weighted by Crippen LogP contribution is -2.11. The summed E-state index contributed by atoms with van der Waals surface area (Å²) < 4.78 is 0. The van der Waals surface area contributed by atoms with E-state index in [1.165, 1.54) is 43.8 Å². The highest BCUT2D eigenvalue weighted by Gasteiger charge is 2.20. The van der Waals surface area contributed by atoms with E-state index in [-0.39, 0.29) is 0 Å². The minimum absolute atomic E-state index is 1.11. The van der Waals surface area contributed by atoms with E-state index in [0.29, 0.717) is 0 Å². The Morgan fingerprint density at radius 3 is 1.23 bits per heavy atom. The first kappa shape index (κ1) is 31.1. The van der Waals surface area contributed by atoms with Gasteiger partial charge in [0, 0.05) is 33.8 Å². The fourth-order valence-electron chi connectivity index (χ4n) is 7.33. The maximum Gasteiger partial charge on any atom is 0.0546 e. The molecule has 0 bridgehead atoms. The Kier molecular flexibility index (Phi) is 8.24. The average molecular weight is 665 g/mol. The van der Waals surface area contributed by atoms with Crippen LogP contribution in [0.1, 0.15) is 0 Å². The Hall–Kier alpha value is -6.90. The van der Waals surface area contributed by atoms with Crippen LogP contribution in [0.2, 0.25) is 0 Å². The molecule has 0 fully saturated rings. The zero-order valence-corrected chi connectivity index (χ0v) is 28.7. The smallest absolute Gasteiger partial charge is 0.0546 e. The summed E-state index contributed by atoms with van der Waals surface area (Å²) in [5.74, 6) is 0. The minimum atomic E-state index is 1.11. The number of hydrogen-bond donors (Lipinski definition) is 0. The largest absolute Gasteiger partial charge is 0.310 e. The van der Waals surface area contributed by atoms with Crippen LogP contribution in [0, 0.1) is 0 Å². The molecule has 0 spiro atoms. The molecular weight excluding hydrogens is 629 g/mol. The van der Waals surface area contributed by atoms with Crippen LogP contribution in [0.15, 0.2) is 218 Å². The quantitative estimate of drug-likeness (QED) is 0.149. The molecule has 0 atom stereocenters. The van der Waals surface area contributed by atoms with Gasteiger partial charge in [-0.15, -0.1) is 0 Å². The number of rotatable bonds is 8. The fourth-order valence-corrected chi connectivity index (χ4v) is 7.33. The third-order valence-electron chi connectivity index (χ3n) is 9.77. The second-order valence-corrected chi connectivity index (χ2v) is 13.0. The molecule has 0 saturated carbocycles. The molecule has 9 aromatic carbocycles. The van der Waals surface area contributed by atoms with Crippen molar-refractivity contribution in [2.24, 2.45) is 0 Å². The Morgan fingerprint density at radius 2 is 0.654 bits per heavy atom. The van der Waals surface area contributed by atoms with Crippen LogP contribution in [0.4, 0.5) is 34.1 Å². The lowest BCUT2D eigenvalue weighted by atomic mass is 9.97. The SMILES string of the molecule is c1ccc(-c2cccc(N(c3ccccc3)c3ccc4cc(N(c5ccccc5)c5cccc(-c6ccccc6)c5)c5ccccc5c4c3)c2)cc1. The Morgan fingerprint density at radius 1 is 0.231 bits per heavy atom. The molecule has 52 heavy (non-hydrogen) atoms.